The third-order valence-corrected chi connectivity index (χ3v) is 3.87. The van der Waals surface area contributed by atoms with E-state index in [4.69, 9.17) is 9.26 Å². The van der Waals surface area contributed by atoms with Crippen molar-refractivity contribution in [2.75, 3.05) is 11.9 Å². The molecule has 0 bridgehead atoms. The highest BCUT2D eigenvalue weighted by Crippen LogP contribution is 2.20. The minimum absolute atomic E-state index is 0.107. The van der Waals surface area contributed by atoms with Gasteiger partial charge in [-0.15, -0.1) is 0 Å². The molecule has 1 amide bonds. The number of amides is 1. The van der Waals surface area contributed by atoms with E-state index in [1.54, 1.807) is 0 Å². The van der Waals surface area contributed by atoms with E-state index < -0.39 is 0 Å². The maximum Gasteiger partial charge on any atom is 0.227 e. The van der Waals surface area contributed by atoms with E-state index in [1.807, 2.05) is 62.4 Å². The van der Waals surface area contributed by atoms with Gasteiger partial charge in [-0.05, 0) is 43.7 Å². The number of carbonyl (C=O) groups excluding carboxylic acids is 1. The molecule has 0 aliphatic carbocycles. The molecule has 0 aliphatic rings. The normalized spacial score (nSPS) is 10.5. The molecule has 1 heterocycles. The Bertz CT molecular complexity index is 872. The van der Waals surface area contributed by atoms with Crippen molar-refractivity contribution in [2.24, 2.45) is 0 Å². The first-order valence-electron chi connectivity index (χ1n) is 8.57. The molecule has 0 unspecified atom stereocenters. The van der Waals surface area contributed by atoms with Crippen molar-refractivity contribution in [3.05, 3.63) is 60.0 Å². The van der Waals surface area contributed by atoms with E-state index in [2.05, 4.69) is 15.5 Å². The number of aryl methyl sites for hydroxylation is 2. The summed E-state index contributed by atoms with van der Waals surface area (Å²) in [5.41, 5.74) is 2.74. The number of aromatic nitrogens is 2. The summed E-state index contributed by atoms with van der Waals surface area (Å²) in [4.78, 5) is 16.5. The van der Waals surface area contributed by atoms with Gasteiger partial charge >= 0.3 is 0 Å². The molecule has 6 nitrogen and oxygen atoms in total. The fourth-order valence-corrected chi connectivity index (χ4v) is 2.53. The lowest BCUT2D eigenvalue weighted by molar-refractivity contribution is -0.116. The predicted octanol–water partition coefficient (Wildman–Crippen LogP) is 4.02. The summed E-state index contributed by atoms with van der Waals surface area (Å²) in [7, 11) is 0. The lowest BCUT2D eigenvalue weighted by Crippen LogP contribution is -2.12. The highest BCUT2D eigenvalue weighted by atomic mass is 16.5. The predicted molar refractivity (Wildman–Crippen MR) is 99.0 cm³/mol. The molecule has 0 saturated heterocycles. The molecular weight excluding hydrogens is 330 g/mol. The smallest absolute Gasteiger partial charge is 0.227 e. The number of carbonyl (C=O) groups is 1. The van der Waals surface area contributed by atoms with Crippen LogP contribution in [0.1, 0.15) is 24.8 Å². The maximum absolute atomic E-state index is 12.1. The van der Waals surface area contributed by atoms with Crippen LogP contribution >= 0.6 is 0 Å². The van der Waals surface area contributed by atoms with Gasteiger partial charge in [-0.3, -0.25) is 4.79 Å². The van der Waals surface area contributed by atoms with E-state index >= 15 is 0 Å². The number of benzene rings is 2. The van der Waals surface area contributed by atoms with Gasteiger partial charge in [0.1, 0.15) is 5.75 Å². The third kappa shape index (κ3) is 4.47. The minimum Gasteiger partial charge on any atom is -0.494 e. The molecule has 0 radical (unpaired) electrons. The third-order valence-electron chi connectivity index (χ3n) is 3.87. The number of anilines is 1. The molecule has 0 fully saturated rings. The summed E-state index contributed by atoms with van der Waals surface area (Å²) in [6.45, 7) is 4.54. The van der Waals surface area contributed by atoms with Gasteiger partial charge in [0.25, 0.3) is 0 Å². The van der Waals surface area contributed by atoms with Gasteiger partial charge < -0.3 is 14.6 Å². The van der Waals surface area contributed by atoms with E-state index in [0.29, 0.717) is 24.7 Å². The van der Waals surface area contributed by atoms with Gasteiger partial charge in [-0.25, -0.2) is 0 Å². The van der Waals surface area contributed by atoms with Gasteiger partial charge in [0.15, 0.2) is 0 Å². The Morgan fingerprint density at radius 3 is 2.65 bits per heavy atom. The molecule has 0 saturated carbocycles. The van der Waals surface area contributed by atoms with Crippen LogP contribution in [-0.2, 0) is 11.2 Å². The number of hydrogen-bond donors (Lipinski definition) is 1. The van der Waals surface area contributed by atoms with Crippen LogP contribution in [0, 0.1) is 6.92 Å². The van der Waals surface area contributed by atoms with Gasteiger partial charge in [-0.2, -0.15) is 4.98 Å². The maximum atomic E-state index is 12.1. The Balaban J connectivity index is 1.54. The fourth-order valence-electron chi connectivity index (χ4n) is 2.53. The second kappa shape index (κ2) is 8.29. The van der Waals surface area contributed by atoms with E-state index in [9.17, 15) is 4.79 Å². The van der Waals surface area contributed by atoms with Crippen LogP contribution in [0.5, 0.6) is 5.75 Å². The standard InChI is InChI=1S/C20H21N3O3/c1-3-25-16-10-8-15(9-11-16)21-18(24)12-13-19-22-20(23-26-19)17-7-5-4-6-14(17)2/h4-11H,3,12-13H2,1-2H3,(H,21,24). The van der Waals surface area contributed by atoms with Crippen LogP contribution in [0.2, 0.25) is 0 Å². The molecule has 26 heavy (non-hydrogen) atoms. The number of rotatable bonds is 7. The van der Waals surface area contributed by atoms with E-state index in [-0.39, 0.29) is 12.3 Å². The SMILES string of the molecule is CCOc1ccc(NC(=O)CCc2nc(-c3ccccc3C)no2)cc1. The Morgan fingerprint density at radius 1 is 1.15 bits per heavy atom. The summed E-state index contributed by atoms with van der Waals surface area (Å²) in [6.07, 6.45) is 0.657. The monoisotopic (exact) mass is 351 g/mol. The Kier molecular flexibility index (Phi) is 5.63. The summed E-state index contributed by atoms with van der Waals surface area (Å²) in [6, 6.07) is 15.1. The van der Waals surface area contributed by atoms with Crippen molar-refractivity contribution >= 4 is 11.6 Å². The Labute approximate surface area is 152 Å². The van der Waals surface area contributed by atoms with E-state index in [1.165, 1.54) is 0 Å². The van der Waals surface area contributed by atoms with Crippen molar-refractivity contribution in [1.82, 2.24) is 10.1 Å². The highest BCUT2D eigenvalue weighted by Gasteiger charge is 2.12. The van der Waals surface area contributed by atoms with Crippen LogP contribution in [0.3, 0.4) is 0 Å². The number of nitrogens with one attached hydrogen (secondary N) is 1. The molecule has 3 aromatic rings. The van der Waals surface area contributed by atoms with Gasteiger partial charge in [0.2, 0.25) is 17.6 Å². The Hall–Kier alpha value is -3.15. The zero-order chi connectivity index (χ0) is 18.4. The zero-order valence-electron chi connectivity index (χ0n) is 14.9. The quantitative estimate of drug-likeness (QED) is 0.696. The molecule has 0 aliphatic heterocycles. The average molecular weight is 351 g/mol. The molecule has 134 valence electrons. The number of ether oxygens (including phenoxy) is 1. The molecular formula is C20H21N3O3. The lowest BCUT2D eigenvalue weighted by Gasteiger charge is -2.06. The topological polar surface area (TPSA) is 77.2 Å². The zero-order valence-corrected chi connectivity index (χ0v) is 14.9. The van der Waals surface area contributed by atoms with Gasteiger partial charge in [-0.1, -0.05) is 29.4 Å². The summed E-state index contributed by atoms with van der Waals surface area (Å²) >= 11 is 0. The number of hydrogen-bond acceptors (Lipinski definition) is 5. The molecule has 3 rings (SSSR count). The van der Waals surface area contributed by atoms with Crippen molar-refractivity contribution in [2.45, 2.75) is 26.7 Å². The summed E-state index contributed by atoms with van der Waals surface area (Å²) in [5, 5.41) is 6.85. The van der Waals surface area contributed by atoms with Crippen LogP contribution in [0.4, 0.5) is 5.69 Å². The minimum atomic E-state index is -0.107. The molecule has 2 aromatic carbocycles. The Morgan fingerprint density at radius 2 is 1.92 bits per heavy atom. The van der Waals surface area contributed by atoms with Crippen molar-refractivity contribution in [3.8, 4) is 17.1 Å². The van der Waals surface area contributed by atoms with E-state index in [0.717, 1.165) is 22.6 Å². The highest BCUT2D eigenvalue weighted by molar-refractivity contribution is 5.90. The van der Waals surface area contributed by atoms with Crippen LogP contribution in [0.25, 0.3) is 11.4 Å². The van der Waals surface area contributed by atoms with Crippen LogP contribution in [0.15, 0.2) is 53.1 Å². The second-order valence-corrected chi connectivity index (χ2v) is 5.83. The first-order chi connectivity index (χ1) is 12.7. The molecule has 0 spiro atoms. The van der Waals surface area contributed by atoms with Crippen LogP contribution < -0.4 is 10.1 Å². The average Bonchev–Trinajstić information content (AvgIpc) is 3.11. The molecule has 0 atom stereocenters. The summed E-state index contributed by atoms with van der Waals surface area (Å²) in [5.74, 6) is 1.67. The second-order valence-electron chi connectivity index (χ2n) is 5.83. The molecule has 1 N–H and O–H groups in total. The van der Waals surface area contributed by atoms with Crippen LogP contribution in [-0.4, -0.2) is 22.7 Å². The van der Waals surface area contributed by atoms with Crippen molar-refractivity contribution < 1.29 is 14.1 Å². The van der Waals surface area contributed by atoms with Crippen molar-refractivity contribution in [3.63, 3.8) is 0 Å². The largest absolute Gasteiger partial charge is 0.494 e. The fraction of sp³-hybridized carbons (Fsp3) is 0.250. The first kappa shape index (κ1) is 17.7. The van der Waals surface area contributed by atoms with Gasteiger partial charge in [0, 0.05) is 24.1 Å². The number of nitrogens with zero attached hydrogens (tertiary/aromatic N) is 2. The summed E-state index contributed by atoms with van der Waals surface area (Å²) < 4.78 is 10.6. The lowest BCUT2D eigenvalue weighted by atomic mass is 10.1. The molecule has 1 aromatic heterocycles. The molecule has 6 heteroatoms. The first-order valence-corrected chi connectivity index (χ1v) is 8.57. The van der Waals surface area contributed by atoms with Gasteiger partial charge in [0.05, 0.1) is 6.61 Å². The van der Waals surface area contributed by atoms with Crippen molar-refractivity contribution in [1.29, 1.82) is 0 Å².